The lowest BCUT2D eigenvalue weighted by Crippen LogP contribution is -2.26. The Morgan fingerprint density at radius 1 is 0.833 bits per heavy atom. The van der Waals surface area contributed by atoms with Gasteiger partial charge in [0.25, 0.3) is 0 Å². The molecule has 0 radical (unpaired) electrons. The number of unbranched alkanes of at least 4 members (excludes halogenated alkanes) is 2. The fourth-order valence-electron chi connectivity index (χ4n) is 6.66. The van der Waals surface area contributed by atoms with Crippen LogP contribution in [-0.4, -0.2) is 48.6 Å². The Bertz CT molecular complexity index is 1040. The lowest BCUT2D eigenvalue weighted by atomic mass is 9.68. The van der Waals surface area contributed by atoms with Crippen LogP contribution in [0.1, 0.15) is 107 Å². The van der Waals surface area contributed by atoms with Crippen molar-refractivity contribution < 1.29 is 38.1 Å². The van der Waals surface area contributed by atoms with Crippen LogP contribution in [0.3, 0.4) is 0 Å². The molecule has 1 aromatic carbocycles. The lowest BCUT2D eigenvalue weighted by molar-refractivity contribution is -0.143. The Kier molecular flexibility index (Phi) is 13.6. The van der Waals surface area contributed by atoms with Gasteiger partial charge < -0.3 is 19.7 Å². The highest BCUT2D eigenvalue weighted by atomic mass is 19.2. The first-order valence-electron chi connectivity index (χ1n) is 15.6. The number of hydrogen-bond donors (Lipinski definition) is 2. The highest BCUT2D eigenvalue weighted by molar-refractivity contribution is 5.88. The molecule has 0 amide bonds. The zero-order valence-electron chi connectivity index (χ0n) is 25.1. The number of ether oxygens (including phenoxy) is 2. The van der Waals surface area contributed by atoms with Crippen molar-refractivity contribution in [1.82, 2.24) is 0 Å². The van der Waals surface area contributed by atoms with Gasteiger partial charge >= 0.3 is 11.9 Å². The summed E-state index contributed by atoms with van der Waals surface area (Å²) in [7, 11) is 0. The summed E-state index contributed by atoms with van der Waals surface area (Å²) >= 11 is 0. The molecule has 234 valence electrons. The van der Waals surface area contributed by atoms with E-state index in [1.807, 2.05) is 0 Å². The topological polar surface area (TPSA) is 93.1 Å². The predicted octanol–water partition coefficient (Wildman–Crippen LogP) is 6.89. The van der Waals surface area contributed by atoms with Crippen LogP contribution in [0.2, 0.25) is 0 Å². The Balaban J connectivity index is 1.63. The molecule has 2 aliphatic rings. The highest BCUT2D eigenvalue weighted by Crippen LogP contribution is 2.45. The molecular formula is C34H48F2O6. The van der Waals surface area contributed by atoms with Crippen molar-refractivity contribution in [3.63, 3.8) is 0 Å². The van der Waals surface area contributed by atoms with Crippen molar-refractivity contribution in [3.05, 3.63) is 59.2 Å². The number of esters is 2. The second-order valence-corrected chi connectivity index (χ2v) is 12.2. The number of rotatable bonds is 15. The first-order valence-corrected chi connectivity index (χ1v) is 15.6. The van der Waals surface area contributed by atoms with Crippen molar-refractivity contribution in [2.75, 3.05) is 26.4 Å². The average Bonchev–Trinajstić information content (AvgIpc) is 3.02. The van der Waals surface area contributed by atoms with Gasteiger partial charge in [-0.3, -0.25) is 0 Å². The molecule has 2 fully saturated rings. The zero-order chi connectivity index (χ0) is 30.6. The zero-order valence-corrected chi connectivity index (χ0v) is 25.1. The average molecular weight is 591 g/mol. The van der Waals surface area contributed by atoms with Gasteiger partial charge in [0.05, 0.1) is 30.3 Å². The molecule has 0 saturated heterocycles. The number of halogens is 2. The molecule has 2 saturated carbocycles. The third-order valence-corrected chi connectivity index (χ3v) is 9.36. The Morgan fingerprint density at radius 3 is 1.86 bits per heavy atom. The molecule has 2 aliphatic carbocycles. The van der Waals surface area contributed by atoms with Crippen molar-refractivity contribution in [2.24, 2.45) is 17.8 Å². The van der Waals surface area contributed by atoms with Gasteiger partial charge in [0.15, 0.2) is 11.6 Å². The third kappa shape index (κ3) is 9.21. The summed E-state index contributed by atoms with van der Waals surface area (Å²) in [5.74, 6) is -2.59. The Morgan fingerprint density at radius 2 is 1.36 bits per heavy atom. The maximum atomic E-state index is 15.5. The molecule has 0 heterocycles. The van der Waals surface area contributed by atoms with Gasteiger partial charge in [-0.2, -0.15) is 0 Å². The summed E-state index contributed by atoms with van der Waals surface area (Å²) < 4.78 is 41.3. The van der Waals surface area contributed by atoms with E-state index in [0.717, 1.165) is 37.5 Å². The Labute approximate surface area is 249 Å². The molecule has 0 bridgehead atoms. The smallest absolute Gasteiger partial charge is 0.335 e. The first-order chi connectivity index (χ1) is 20.2. The van der Waals surface area contributed by atoms with Crippen molar-refractivity contribution in [1.29, 1.82) is 0 Å². The van der Waals surface area contributed by atoms with Gasteiger partial charge in [0, 0.05) is 5.56 Å². The highest BCUT2D eigenvalue weighted by Gasteiger charge is 2.33. The second kappa shape index (κ2) is 16.9. The Hall–Kier alpha value is -2.58. The quantitative estimate of drug-likeness (QED) is 0.131. The fourth-order valence-corrected chi connectivity index (χ4v) is 6.66. The maximum Gasteiger partial charge on any atom is 0.335 e. The fraction of sp³-hybridized carbons (Fsp3) is 0.647. The van der Waals surface area contributed by atoms with E-state index in [9.17, 15) is 9.59 Å². The van der Waals surface area contributed by atoms with E-state index < -0.39 is 55.9 Å². The molecule has 0 atom stereocenters. The van der Waals surface area contributed by atoms with Crippen molar-refractivity contribution >= 4 is 11.9 Å². The van der Waals surface area contributed by atoms with Gasteiger partial charge in [-0.15, -0.1) is 0 Å². The minimum absolute atomic E-state index is 0.0648. The van der Waals surface area contributed by atoms with Crippen LogP contribution in [0.25, 0.3) is 0 Å². The van der Waals surface area contributed by atoms with E-state index in [4.69, 9.17) is 19.7 Å². The molecule has 8 heteroatoms. The van der Waals surface area contributed by atoms with E-state index in [-0.39, 0.29) is 22.6 Å². The monoisotopic (exact) mass is 590 g/mol. The second-order valence-electron chi connectivity index (χ2n) is 12.2. The maximum absolute atomic E-state index is 15.5. The molecule has 2 N–H and O–H groups in total. The molecular weight excluding hydrogens is 542 g/mol. The molecule has 42 heavy (non-hydrogen) atoms. The lowest BCUT2D eigenvalue weighted by Gasteiger charge is -2.38. The molecule has 0 spiro atoms. The van der Waals surface area contributed by atoms with Gasteiger partial charge in [-0.25, -0.2) is 18.4 Å². The molecule has 0 aliphatic heterocycles. The number of hydrogen-bond acceptors (Lipinski definition) is 6. The normalized spacial score (nSPS) is 22.5. The minimum Gasteiger partial charge on any atom is -0.461 e. The summed E-state index contributed by atoms with van der Waals surface area (Å²) in [5.41, 5.74) is -0.135. The number of benzene rings is 1. The summed E-state index contributed by atoms with van der Waals surface area (Å²) in [6.45, 7) is 6.94. The summed E-state index contributed by atoms with van der Waals surface area (Å²) in [6.07, 6.45) is 14.2. The number of aliphatic hydroxyl groups is 2. The van der Waals surface area contributed by atoms with Crippen LogP contribution in [0.4, 0.5) is 8.78 Å². The number of carbonyl (C=O) groups excluding carboxylic acids is 2. The summed E-state index contributed by atoms with van der Waals surface area (Å²) in [4.78, 5) is 24.0. The van der Waals surface area contributed by atoms with Crippen molar-refractivity contribution in [3.8, 4) is 0 Å². The summed E-state index contributed by atoms with van der Waals surface area (Å²) in [5, 5.41) is 18.2. The third-order valence-electron chi connectivity index (χ3n) is 9.36. The van der Waals surface area contributed by atoms with Gasteiger partial charge in [0.1, 0.15) is 13.2 Å². The van der Waals surface area contributed by atoms with Crippen molar-refractivity contribution in [2.45, 2.75) is 95.8 Å². The van der Waals surface area contributed by atoms with E-state index in [1.165, 1.54) is 57.4 Å². The molecule has 6 nitrogen and oxygen atoms in total. The van der Waals surface area contributed by atoms with Gasteiger partial charge in [0.2, 0.25) is 0 Å². The number of carbonyl (C=O) groups is 2. The van der Waals surface area contributed by atoms with Crippen LogP contribution < -0.4 is 0 Å². The SMILES string of the molecule is C=C(CO)C(=O)OCC(COC(=O)C(=C)CO)c1ccc(C2CCC(C3CCC(CCCCC)CC3)CC2)c(F)c1F. The van der Waals surface area contributed by atoms with Gasteiger partial charge in [-0.05, 0) is 67.8 Å². The van der Waals surface area contributed by atoms with Crippen LogP contribution in [0, 0.1) is 29.4 Å². The van der Waals surface area contributed by atoms with E-state index >= 15 is 8.78 Å². The van der Waals surface area contributed by atoms with Crippen LogP contribution in [0.15, 0.2) is 36.4 Å². The first kappa shape index (κ1) is 33.9. The summed E-state index contributed by atoms with van der Waals surface area (Å²) in [6, 6.07) is 3.06. The van der Waals surface area contributed by atoms with E-state index in [1.54, 1.807) is 6.07 Å². The molecule has 0 unspecified atom stereocenters. The van der Waals surface area contributed by atoms with Gasteiger partial charge in [-0.1, -0.05) is 70.7 Å². The molecule has 3 rings (SSSR count). The predicted molar refractivity (Wildman–Crippen MR) is 158 cm³/mol. The number of aliphatic hydroxyl groups excluding tert-OH is 2. The van der Waals surface area contributed by atoms with Crippen LogP contribution in [0.5, 0.6) is 0 Å². The van der Waals surface area contributed by atoms with E-state index in [0.29, 0.717) is 11.5 Å². The largest absolute Gasteiger partial charge is 0.461 e. The standard InChI is InChI=1S/C34H48F2O6/c1-4-5-6-7-24-8-10-25(11-9-24)26-12-14-27(15-13-26)29-16-17-30(32(36)31(29)35)28(20-41-33(39)22(2)18-37)21-42-34(40)23(3)19-38/h16-17,24-28,37-38H,2-15,18-21H2,1H3. The minimum atomic E-state index is -1.06. The van der Waals surface area contributed by atoms with E-state index in [2.05, 4.69) is 20.1 Å². The molecule has 0 aromatic heterocycles. The van der Waals surface area contributed by atoms with Crippen LogP contribution >= 0.6 is 0 Å². The van der Waals surface area contributed by atoms with Crippen LogP contribution in [-0.2, 0) is 19.1 Å². The molecule has 1 aromatic rings.